The predicted octanol–water partition coefficient (Wildman–Crippen LogP) is -1.55. The lowest BCUT2D eigenvalue weighted by Gasteiger charge is -2.25. The summed E-state index contributed by atoms with van der Waals surface area (Å²) < 4.78 is 24.5. The molecular weight excluding hydrogens is 290 g/mol. The fourth-order valence-corrected chi connectivity index (χ4v) is 2.42. The van der Waals surface area contributed by atoms with E-state index in [1.807, 2.05) is 0 Å². The molecule has 118 valence electrons. The molecule has 20 heavy (non-hydrogen) atoms. The van der Waals surface area contributed by atoms with Crippen LogP contribution in [0.15, 0.2) is 0 Å². The minimum atomic E-state index is -3.39. The molecule has 0 spiro atoms. The van der Waals surface area contributed by atoms with Gasteiger partial charge in [0.05, 0.1) is 6.26 Å². The van der Waals surface area contributed by atoms with E-state index in [-0.39, 0.29) is 19.5 Å². The van der Waals surface area contributed by atoms with Gasteiger partial charge in [-0.25, -0.2) is 22.7 Å². The fourth-order valence-electron chi connectivity index (χ4n) is 1.35. The van der Waals surface area contributed by atoms with Gasteiger partial charge in [0.25, 0.3) is 0 Å². The van der Waals surface area contributed by atoms with Crippen LogP contribution in [0, 0.1) is 0 Å². The summed E-state index contributed by atoms with van der Waals surface area (Å²) in [4.78, 5) is 21.7. The predicted molar refractivity (Wildman–Crippen MR) is 71.7 cm³/mol. The van der Waals surface area contributed by atoms with Crippen LogP contribution in [0.25, 0.3) is 0 Å². The van der Waals surface area contributed by atoms with Crippen LogP contribution >= 0.6 is 0 Å². The van der Waals surface area contributed by atoms with Crippen LogP contribution in [0.4, 0.5) is 4.79 Å². The van der Waals surface area contributed by atoms with Gasteiger partial charge in [0.1, 0.15) is 0 Å². The molecule has 0 aromatic carbocycles. The third kappa shape index (κ3) is 9.53. The van der Waals surface area contributed by atoms with Crippen LogP contribution in [-0.2, 0) is 14.8 Å². The Kier molecular flexibility index (Phi) is 6.89. The Morgan fingerprint density at radius 2 is 1.80 bits per heavy atom. The van der Waals surface area contributed by atoms with Crippen LogP contribution in [0.3, 0.4) is 0 Å². The molecule has 0 radical (unpaired) electrons. The third-order valence-corrected chi connectivity index (χ3v) is 3.06. The van der Waals surface area contributed by atoms with E-state index in [1.54, 1.807) is 13.8 Å². The second kappa shape index (κ2) is 7.41. The highest BCUT2D eigenvalue weighted by Crippen LogP contribution is 2.01. The number of nitrogens with one attached hydrogen (secondary N) is 3. The van der Waals surface area contributed by atoms with E-state index < -0.39 is 33.7 Å². The van der Waals surface area contributed by atoms with Gasteiger partial charge >= 0.3 is 12.0 Å². The summed E-state index contributed by atoms with van der Waals surface area (Å²) in [6, 6.07) is -0.578. The number of carbonyl (C=O) groups is 2. The number of carbonyl (C=O) groups excluding carboxylic acids is 1. The van der Waals surface area contributed by atoms with Gasteiger partial charge in [-0.15, -0.1) is 0 Å². The number of aliphatic hydroxyl groups excluding tert-OH is 1. The molecule has 0 rings (SSSR count). The van der Waals surface area contributed by atoms with Crippen molar-refractivity contribution in [3.63, 3.8) is 0 Å². The molecule has 2 amide bonds. The molecule has 0 aliphatic rings. The van der Waals surface area contributed by atoms with E-state index in [1.165, 1.54) is 0 Å². The molecule has 0 saturated heterocycles. The van der Waals surface area contributed by atoms with Crippen molar-refractivity contribution in [1.82, 2.24) is 15.4 Å². The SMILES string of the molecule is CC(C)(CNC(=O)NCCC(O)C(=O)O)NS(C)(=O)=O. The summed E-state index contributed by atoms with van der Waals surface area (Å²) in [5.74, 6) is -1.36. The smallest absolute Gasteiger partial charge is 0.332 e. The van der Waals surface area contributed by atoms with Crippen LogP contribution in [0.1, 0.15) is 20.3 Å². The van der Waals surface area contributed by atoms with Gasteiger partial charge in [-0.05, 0) is 13.8 Å². The lowest BCUT2D eigenvalue weighted by molar-refractivity contribution is -0.146. The van der Waals surface area contributed by atoms with Gasteiger partial charge < -0.3 is 20.8 Å². The standard InChI is InChI=1S/C10H21N3O6S/c1-10(2,13-20(3,18)19)6-12-9(17)11-5-4-7(14)8(15)16/h7,13-14H,4-6H2,1-3H3,(H,15,16)(H2,11,12,17). The van der Waals surface area contributed by atoms with Crippen molar-refractivity contribution in [2.45, 2.75) is 31.9 Å². The van der Waals surface area contributed by atoms with Gasteiger partial charge in [-0.1, -0.05) is 0 Å². The molecule has 1 unspecified atom stereocenters. The number of carboxylic acids is 1. The van der Waals surface area contributed by atoms with Crippen molar-refractivity contribution in [2.24, 2.45) is 0 Å². The number of urea groups is 1. The molecule has 5 N–H and O–H groups in total. The average molecular weight is 311 g/mol. The molecule has 0 saturated carbocycles. The van der Waals surface area contributed by atoms with Crippen molar-refractivity contribution in [2.75, 3.05) is 19.3 Å². The molecule has 9 nitrogen and oxygen atoms in total. The Labute approximate surface area is 117 Å². The zero-order valence-corrected chi connectivity index (χ0v) is 12.5. The molecule has 0 heterocycles. The number of hydrogen-bond donors (Lipinski definition) is 5. The Bertz CT molecular complexity index is 448. The molecule has 1 atom stereocenters. The monoisotopic (exact) mass is 311 g/mol. The first-order valence-corrected chi connectivity index (χ1v) is 7.73. The molecule has 0 fully saturated rings. The summed E-state index contributed by atoms with van der Waals surface area (Å²) in [6.45, 7) is 3.23. The largest absolute Gasteiger partial charge is 0.479 e. The minimum Gasteiger partial charge on any atom is -0.479 e. The molecule has 0 aliphatic heterocycles. The molecule has 0 aromatic heterocycles. The average Bonchev–Trinajstić information content (AvgIpc) is 2.23. The number of amides is 2. The van der Waals surface area contributed by atoms with E-state index in [0.717, 1.165) is 6.26 Å². The molecule has 0 aliphatic carbocycles. The summed E-state index contributed by atoms with van der Waals surface area (Å²) >= 11 is 0. The normalized spacial score (nSPS) is 13.6. The van der Waals surface area contributed by atoms with Crippen molar-refractivity contribution in [1.29, 1.82) is 0 Å². The van der Waals surface area contributed by atoms with Crippen LogP contribution in [0.2, 0.25) is 0 Å². The lowest BCUT2D eigenvalue weighted by atomic mass is 10.1. The third-order valence-electron chi connectivity index (χ3n) is 2.14. The van der Waals surface area contributed by atoms with Crippen LogP contribution < -0.4 is 15.4 Å². The highest BCUT2D eigenvalue weighted by Gasteiger charge is 2.22. The number of aliphatic hydroxyl groups is 1. The quantitative estimate of drug-likeness (QED) is 0.367. The number of rotatable bonds is 8. The first-order valence-electron chi connectivity index (χ1n) is 5.84. The zero-order chi connectivity index (χ0) is 16.0. The van der Waals surface area contributed by atoms with Crippen LogP contribution in [-0.4, -0.2) is 61.6 Å². The Balaban J connectivity index is 4.02. The number of sulfonamides is 1. The summed E-state index contributed by atoms with van der Waals surface area (Å²) in [5, 5.41) is 22.2. The number of hydrogen-bond acceptors (Lipinski definition) is 5. The first-order chi connectivity index (χ1) is 8.93. The van der Waals surface area contributed by atoms with Gasteiger partial charge in [0.2, 0.25) is 10.0 Å². The maximum Gasteiger partial charge on any atom is 0.332 e. The first kappa shape index (κ1) is 18.6. The summed E-state index contributed by atoms with van der Waals surface area (Å²) in [7, 11) is -3.39. The maximum absolute atomic E-state index is 11.4. The van der Waals surface area contributed by atoms with Gasteiger partial charge in [0.15, 0.2) is 6.10 Å². The lowest BCUT2D eigenvalue weighted by Crippen LogP contribution is -2.52. The van der Waals surface area contributed by atoms with E-state index >= 15 is 0 Å². The highest BCUT2D eigenvalue weighted by atomic mass is 32.2. The van der Waals surface area contributed by atoms with E-state index in [4.69, 9.17) is 10.2 Å². The molecular formula is C10H21N3O6S. The van der Waals surface area contributed by atoms with E-state index in [2.05, 4.69) is 15.4 Å². The van der Waals surface area contributed by atoms with E-state index in [9.17, 15) is 18.0 Å². The Morgan fingerprint density at radius 3 is 2.25 bits per heavy atom. The van der Waals surface area contributed by atoms with Crippen molar-refractivity contribution < 1.29 is 28.2 Å². The molecule has 0 aromatic rings. The Morgan fingerprint density at radius 1 is 1.25 bits per heavy atom. The topological polar surface area (TPSA) is 145 Å². The minimum absolute atomic E-state index is 0.0146. The highest BCUT2D eigenvalue weighted by molar-refractivity contribution is 7.88. The fraction of sp³-hybridized carbons (Fsp3) is 0.800. The Hall–Kier alpha value is -1.39. The van der Waals surface area contributed by atoms with Crippen molar-refractivity contribution in [3.8, 4) is 0 Å². The van der Waals surface area contributed by atoms with Gasteiger partial charge in [0, 0.05) is 25.0 Å². The van der Waals surface area contributed by atoms with Crippen molar-refractivity contribution in [3.05, 3.63) is 0 Å². The van der Waals surface area contributed by atoms with Gasteiger partial charge in [-0.3, -0.25) is 0 Å². The summed E-state index contributed by atoms with van der Waals surface area (Å²) in [5.41, 5.74) is -0.856. The second-order valence-electron chi connectivity index (χ2n) is 5.01. The maximum atomic E-state index is 11.4. The molecule has 10 heteroatoms. The molecule has 0 bridgehead atoms. The van der Waals surface area contributed by atoms with Crippen molar-refractivity contribution >= 4 is 22.0 Å². The van der Waals surface area contributed by atoms with Gasteiger partial charge in [-0.2, -0.15) is 0 Å². The summed E-state index contributed by atoms with van der Waals surface area (Å²) in [6.07, 6.45) is -0.630. The second-order valence-corrected chi connectivity index (χ2v) is 6.76. The zero-order valence-electron chi connectivity index (χ0n) is 11.6. The van der Waals surface area contributed by atoms with E-state index in [0.29, 0.717) is 0 Å². The number of carboxylic acid groups (broad SMARTS) is 1. The van der Waals surface area contributed by atoms with Crippen LogP contribution in [0.5, 0.6) is 0 Å². The number of aliphatic carboxylic acids is 1.